The van der Waals surface area contributed by atoms with E-state index in [4.69, 9.17) is 19.7 Å². The van der Waals surface area contributed by atoms with Gasteiger partial charge in [0.05, 0.1) is 30.8 Å². The number of halogens is 1. The highest BCUT2D eigenvalue weighted by Crippen LogP contribution is 2.47. The van der Waals surface area contributed by atoms with Gasteiger partial charge >= 0.3 is 5.97 Å². The van der Waals surface area contributed by atoms with Crippen molar-refractivity contribution in [3.8, 4) is 0 Å². The number of aliphatic hydroxyl groups is 1. The van der Waals surface area contributed by atoms with Crippen molar-refractivity contribution in [3.63, 3.8) is 0 Å². The summed E-state index contributed by atoms with van der Waals surface area (Å²) in [7, 11) is -3.51. The van der Waals surface area contributed by atoms with E-state index in [1.54, 1.807) is 13.8 Å². The first-order chi connectivity index (χ1) is 14.3. The van der Waals surface area contributed by atoms with Gasteiger partial charge in [0.2, 0.25) is 0 Å². The summed E-state index contributed by atoms with van der Waals surface area (Å²) in [6, 6.07) is -0.890. The van der Waals surface area contributed by atoms with E-state index >= 15 is 4.39 Å². The van der Waals surface area contributed by atoms with Crippen LogP contribution in [0.2, 0.25) is 0 Å². The zero-order chi connectivity index (χ0) is 23.6. The molecule has 10 nitrogen and oxygen atoms in total. The number of carbonyl (C=O) groups is 1. The monoisotopic (exact) mass is 462 g/mol. The zero-order valence-electron chi connectivity index (χ0n) is 18.4. The quantitative estimate of drug-likeness (QED) is 0.344. The van der Waals surface area contributed by atoms with Crippen molar-refractivity contribution in [3.05, 3.63) is 24.7 Å². The minimum Gasteiger partial charge on any atom is -0.462 e. The van der Waals surface area contributed by atoms with Gasteiger partial charge in [0.1, 0.15) is 17.7 Å². The third-order valence-electron chi connectivity index (χ3n) is 5.08. The van der Waals surface area contributed by atoms with Gasteiger partial charge in [-0.25, -0.2) is 14.5 Å². The summed E-state index contributed by atoms with van der Waals surface area (Å²) in [4.78, 5) is 17.3. The van der Waals surface area contributed by atoms with Gasteiger partial charge in [0, 0.05) is 12.9 Å². The van der Waals surface area contributed by atoms with Crippen molar-refractivity contribution in [2.45, 2.75) is 58.3 Å². The average molecular weight is 462 g/mol. The molecule has 2 rings (SSSR count). The maximum atomic E-state index is 15.5. The summed E-state index contributed by atoms with van der Waals surface area (Å²) in [6.45, 7) is 10.6. The molecule has 0 aromatic rings. The lowest BCUT2D eigenvalue weighted by Crippen LogP contribution is -2.45. The van der Waals surface area contributed by atoms with Crippen molar-refractivity contribution in [2.24, 2.45) is 16.1 Å². The van der Waals surface area contributed by atoms with Gasteiger partial charge < -0.3 is 29.7 Å². The van der Waals surface area contributed by atoms with Crippen LogP contribution < -0.4 is 10.8 Å². The van der Waals surface area contributed by atoms with E-state index in [1.807, 2.05) is 0 Å². The maximum absolute atomic E-state index is 15.5. The van der Waals surface area contributed by atoms with E-state index in [1.165, 1.54) is 37.7 Å². The van der Waals surface area contributed by atoms with Crippen molar-refractivity contribution in [1.82, 2.24) is 9.99 Å². The van der Waals surface area contributed by atoms with Gasteiger partial charge in [0.25, 0.3) is 7.52 Å². The lowest BCUT2D eigenvalue weighted by Gasteiger charge is -2.33. The summed E-state index contributed by atoms with van der Waals surface area (Å²) in [5, 5.41) is 12.4. The van der Waals surface area contributed by atoms with Crippen LogP contribution in [0.15, 0.2) is 29.7 Å². The van der Waals surface area contributed by atoms with Crippen LogP contribution in [-0.2, 0) is 23.4 Å². The molecule has 31 heavy (non-hydrogen) atoms. The Labute approximate surface area is 181 Å². The molecular weight excluding hydrogens is 430 g/mol. The minimum atomic E-state index is -3.51. The Morgan fingerprint density at radius 3 is 2.74 bits per heavy atom. The molecule has 0 bridgehead atoms. The molecule has 0 amide bonds. The Bertz CT molecular complexity index is 806. The predicted molar refractivity (Wildman–Crippen MR) is 114 cm³/mol. The van der Waals surface area contributed by atoms with Crippen LogP contribution in [0.25, 0.3) is 0 Å². The van der Waals surface area contributed by atoms with E-state index < -0.39 is 50.1 Å². The topological polar surface area (TPSA) is 136 Å². The summed E-state index contributed by atoms with van der Waals surface area (Å²) in [6.07, 6.45) is -1.07. The van der Waals surface area contributed by atoms with E-state index in [9.17, 15) is 14.5 Å². The summed E-state index contributed by atoms with van der Waals surface area (Å²) >= 11 is 0. The number of carbonyl (C=O) groups excluding carboxylic acids is 1. The summed E-state index contributed by atoms with van der Waals surface area (Å²) in [5.41, 5.74) is 4.28. The second-order valence-electron chi connectivity index (χ2n) is 8.24. The number of nitrogens with one attached hydrogen (secondary N) is 1. The van der Waals surface area contributed by atoms with Gasteiger partial charge in [-0.3, -0.25) is 9.36 Å². The van der Waals surface area contributed by atoms with Crippen LogP contribution in [0.1, 0.15) is 27.7 Å². The molecule has 2 heterocycles. The molecule has 6 atom stereocenters. The van der Waals surface area contributed by atoms with Gasteiger partial charge in [-0.1, -0.05) is 13.5 Å². The first-order valence-electron chi connectivity index (χ1n) is 9.91. The highest BCUT2D eigenvalue weighted by Gasteiger charge is 2.56. The molecule has 0 aliphatic carbocycles. The number of ether oxygens (including phenoxy) is 2. The number of aliphatic imine (C=N–C) groups is 1. The molecule has 0 spiro atoms. The molecule has 0 aromatic heterocycles. The number of alkyl halides is 1. The Kier molecular flexibility index (Phi) is 8.04. The minimum absolute atomic E-state index is 0.190. The van der Waals surface area contributed by atoms with Crippen LogP contribution >= 0.6 is 7.52 Å². The second kappa shape index (κ2) is 9.79. The van der Waals surface area contributed by atoms with Crippen molar-refractivity contribution in [2.75, 3.05) is 19.9 Å². The number of nitrogens with two attached hydrogens (primary N) is 1. The van der Waals surface area contributed by atoms with Gasteiger partial charge in [-0.2, -0.15) is 0 Å². The number of amidine groups is 1. The van der Waals surface area contributed by atoms with Crippen LogP contribution in [0.5, 0.6) is 0 Å². The molecule has 4 N–H and O–H groups in total. The van der Waals surface area contributed by atoms with Gasteiger partial charge in [-0.15, -0.1) is 0 Å². The van der Waals surface area contributed by atoms with Crippen molar-refractivity contribution in [1.29, 1.82) is 0 Å². The Balaban J connectivity index is 2.08. The van der Waals surface area contributed by atoms with E-state index in [2.05, 4.69) is 16.7 Å². The van der Waals surface area contributed by atoms with E-state index in [-0.39, 0.29) is 24.4 Å². The average Bonchev–Trinajstić information content (AvgIpc) is 2.91. The van der Waals surface area contributed by atoms with Crippen LogP contribution in [0, 0.1) is 5.41 Å². The Morgan fingerprint density at radius 1 is 1.55 bits per heavy atom. The molecule has 12 heteroatoms. The number of esters is 1. The largest absolute Gasteiger partial charge is 0.462 e. The number of hydrogen-bond donors (Lipinski definition) is 3. The summed E-state index contributed by atoms with van der Waals surface area (Å²) in [5.74, 6) is -0.166. The molecule has 176 valence electrons. The SMILES string of the molecule is C=C1N=C(N)C=CN1[C@H]1O[C@H](CO)C(C)(COP(C)(=O)N[C@@H](C)C(=O)OC(C)C)[C@H]1F. The second-order valence-corrected chi connectivity index (χ2v) is 10.4. The molecule has 1 fully saturated rings. The maximum Gasteiger partial charge on any atom is 0.323 e. The lowest BCUT2D eigenvalue weighted by molar-refractivity contribution is -0.149. The Hall–Kier alpha value is -1.78. The van der Waals surface area contributed by atoms with Crippen molar-refractivity contribution < 1.29 is 32.9 Å². The van der Waals surface area contributed by atoms with E-state index in [0.29, 0.717) is 0 Å². The molecule has 2 aliphatic rings. The zero-order valence-corrected chi connectivity index (χ0v) is 19.3. The van der Waals surface area contributed by atoms with Crippen LogP contribution in [-0.4, -0.2) is 72.3 Å². The van der Waals surface area contributed by atoms with E-state index in [0.717, 1.165) is 0 Å². The number of hydrogen-bond acceptors (Lipinski definition) is 9. The Morgan fingerprint density at radius 2 is 2.19 bits per heavy atom. The van der Waals surface area contributed by atoms with Crippen LogP contribution in [0.3, 0.4) is 0 Å². The lowest BCUT2D eigenvalue weighted by atomic mass is 9.82. The van der Waals surface area contributed by atoms with Crippen molar-refractivity contribution >= 4 is 19.3 Å². The fourth-order valence-corrected chi connectivity index (χ4v) is 4.69. The molecule has 2 aliphatic heterocycles. The molecule has 1 saturated heterocycles. The van der Waals surface area contributed by atoms with Gasteiger partial charge in [0.15, 0.2) is 12.4 Å². The normalized spacial score (nSPS) is 31.5. The highest BCUT2D eigenvalue weighted by atomic mass is 31.2. The predicted octanol–water partition coefficient (Wildman–Crippen LogP) is 1.47. The van der Waals surface area contributed by atoms with Gasteiger partial charge in [-0.05, 0) is 26.8 Å². The first kappa shape index (κ1) is 25.5. The number of rotatable bonds is 9. The highest BCUT2D eigenvalue weighted by molar-refractivity contribution is 7.56. The molecule has 2 unspecified atom stereocenters. The number of nitrogens with zero attached hydrogens (tertiary/aromatic N) is 2. The molecule has 0 radical (unpaired) electrons. The van der Waals surface area contributed by atoms with Crippen LogP contribution in [0.4, 0.5) is 4.39 Å². The fraction of sp³-hybridized carbons (Fsp3) is 0.684. The molecule has 0 aromatic carbocycles. The standard InChI is InChI=1S/C19H32FN4O6P/c1-11(2)29-18(26)12(3)23-31(6,27)28-10-19(5)14(9-25)30-17(16(19)20)24-8-7-15(21)22-13(24)4/h7-8,11-12,14,16-17,25H,4,9-10H2,1-3,5-6H3,(H2,21,22)(H,23,27)/t12-,14+,16-,17-,19?,31?/m0/s1. The fourth-order valence-electron chi connectivity index (χ4n) is 3.28. The third kappa shape index (κ3) is 5.93. The molecule has 0 saturated carbocycles. The summed E-state index contributed by atoms with van der Waals surface area (Å²) < 4.78 is 44.7. The first-order valence-corrected chi connectivity index (χ1v) is 12.0. The third-order valence-corrected chi connectivity index (χ3v) is 6.56. The molecular formula is C19H32FN4O6P. The smallest absolute Gasteiger partial charge is 0.323 e. The number of aliphatic hydroxyl groups excluding tert-OH is 1.